The van der Waals surface area contributed by atoms with Crippen molar-refractivity contribution in [2.24, 2.45) is 0 Å². The van der Waals surface area contributed by atoms with E-state index < -0.39 is 0 Å². The van der Waals surface area contributed by atoms with Gasteiger partial charge in [-0.15, -0.1) is 0 Å². The highest BCUT2D eigenvalue weighted by Gasteiger charge is 2.23. The number of rotatable bonds is 9. The molecule has 1 N–H and O–H groups in total. The Hall–Kier alpha value is -3.40. The smallest absolute Gasteiger partial charge is 0.221 e. The number of benzene rings is 3. The highest BCUT2D eigenvalue weighted by molar-refractivity contribution is 5.86. The molecule has 33 heavy (non-hydrogen) atoms. The lowest BCUT2D eigenvalue weighted by molar-refractivity contribution is -0.121. The molecule has 3 aromatic carbocycles. The first-order valence-corrected chi connectivity index (χ1v) is 11.7. The molecule has 1 amide bonds. The molecule has 170 valence electrons. The number of carbonyl (C=O) groups is 1. The van der Waals surface area contributed by atoms with Gasteiger partial charge in [0.1, 0.15) is 5.82 Å². The van der Waals surface area contributed by atoms with Crippen LogP contribution < -0.4 is 5.32 Å². The molecule has 1 heterocycles. The first-order chi connectivity index (χ1) is 16.0. The Morgan fingerprint density at radius 1 is 1.00 bits per heavy atom. The minimum Gasteiger partial charge on any atom is -0.354 e. The van der Waals surface area contributed by atoms with E-state index >= 15 is 0 Å². The number of fused-ring (bicyclic) bond motifs is 1. The van der Waals surface area contributed by atoms with Gasteiger partial charge in [0.05, 0.1) is 0 Å². The Labute approximate surface area is 195 Å². The first-order valence-electron chi connectivity index (χ1n) is 11.7. The molecule has 0 aliphatic carbocycles. The van der Waals surface area contributed by atoms with Crippen molar-refractivity contribution in [3.05, 3.63) is 108 Å². The third-order valence-corrected chi connectivity index (χ3v) is 6.29. The van der Waals surface area contributed by atoms with Crippen molar-refractivity contribution in [1.29, 1.82) is 0 Å². The fraction of sp³-hybridized carbons (Fsp3) is 0.276. The number of carbonyl (C=O) groups excluding carboxylic acids is 1. The zero-order chi connectivity index (χ0) is 23.2. The second kappa shape index (κ2) is 10.5. The average molecular weight is 443 g/mol. The van der Waals surface area contributed by atoms with Gasteiger partial charge in [-0.05, 0) is 61.6 Å². The van der Waals surface area contributed by atoms with Crippen LogP contribution in [0.4, 0.5) is 4.39 Å². The highest BCUT2D eigenvalue weighted by Crippen LogP contribution is 2.35. The third kappa shape index (κ3) is 5.51. The topological polar surface area (TPSA) is 34.0 Å². The van der Waals surface area contributed by atoms with Crippen LogP contribution in [-0.2, 0) is 17.8 Å². The van der Waals surface area contributed by atoms with Crippen molar-refractivity contribution in [1.82, 2.24) is 9.88 Å². The van der Waals surface area contributed by atoms with E-state index in [9.17, 15) is 9.18 Å². The lowest BCUT2D eigenvalue weighted by Gasteiger charge is -2.20. The maximum absolute atomic E-state index is 14.1. The zero-order valence-electron chi connectivity index (χ0n) is 19.3. The lowest BCUT2D eigenvalue weighted by Crippen LogP contribution is -2.33. The third-order valence-electron chi connectivity index (χ3n) is 6.29. The van der Waals surface area contributed by atoms with E-state index in [0.29, 0.717) is 0 Å². The molecule has 1 aromatic heterocycles. The number of hydrogen-bond acceptors (Lipinski definition) is 1. The van der Waals surface area contributed by atoms with Crippen molar-refractivity contribution in [2.75, 3.05) is 0 Å². The standard InChI is InChI=1S/C29H31FN2O/c1-3-32-20-27(25-14-7-8-15-28(25)32)26(23-12-9-13-24(30)18-23)19-29(33)31-21(2)16-17-22-10-5-4-6-11-22/h4-15,18,20-21,26H,3,16-17,19H2,1-2H3,(H,31,33)/t21-,26+/m1/s1. The molecule has 0 bridgehead atoms. The maximum Gasteiger partial charge on any atom is 0.221 e. The molecule has 3 nitrogen and oxygen atoms in total. The summed E-state index contributed by atoms with van der Waals surface area (Å²) >= 11 is 0. The van der Waals surface area contributed by atoms with Crippen LogP contribution in [-0.4, -0.2) is 16.5 Å². The van der Waals surface area contributed by atoms with E-state index in [0.717, 1.165) is 41.4 Å². The molecule has 4 heteroatoms. The lowest BCUT2D eigenvalue weighted by atomic mass is 9.88. The Bertz CT molecular complexity index is 1210. The number of amides is 1. The van der Waals surface area contributed by atoms with Gasteiger partial charge in [0.2, 0.25) is 5.91 Å². The summed E-state index contributed by atoms with van der Waals surface area (Å²) in [7, 11) is 0. The van der Waals surface area contributed by atoms with E-state index in [1.54, 1.807) is 12.1 Å². The summed E-state index contributed by atoms with van der Waals surface area (Å²) in [4.78, 5) is 13.1. The second-order valence-corrected chi connectivity index (χ2v) is 8.69. The van der Waals surface area contributed by atoms with Gasteiger partial charge in [-0.1, -0.05) is 60.7 Å². The largest absolute Gasteiger partial charge is 0.354 e. The van der Waals surface area contributed by atoms with Crippen molar-refractivity contribution in [3.8, 4) is 0 Å². The molecule has 0 saturated carbocycles. The molecule has 4 aromatic rings. The number of para-hydroxylation sites is 1. The van der Waals surface area contributed by atoms with E-state index in [4.69, 9.17) is 0 Å². The van der Waals surface area contributed by atoms with Crippen LogP contribution in [0.15, 0.2) is 85.1 Å². The van der Waals surface area contributed by atoms with Gasteiger partial charge < -0.3 is 9.88 Å². The SMILES string of the molecule is CCn1cc([C@@H](CC(=O)N[C@H](C)CCc2ccccc2)c2cccc(F)c2)c2ccccc21. The van der Waals surface area contributed by atoms with Crippen LogP contribution in [0.1, 0.15) is 49.3 Å². The number of nitrogens with zero attached hydrogens (tertiary/aromatic N) is 1. The van der Waals surface area contributed by atoms with Crippen LogP contribution in [0.2, 0.25) is 0 Å². The molecule has 0 aliphatic heterocycles. The summed E-state index contributed by atoms with van der Waals surface area (Å²) in [5.41, 5.74) is 4.28. The molecular weight excluding hydrogens is 411 g/mol. The number of hydrogen-bond donors (Lipinski definition) is 1. The molecule has 0 aliphatic rings. The van der Waals surface area contributed by atoms with Gasteiger partial charge in [0.25, 0.3) is 0 Å². The average Bonchev–Trinajstić information content (AvgIpc) is 3.20. The van der Waals surface area contributed by atoms with Crippen LogP contribution in [0.5, 0.6) is 0 Å². The summed E-state index contributed by atoms with van der Waals surface area (Å²) in [6, 6.07) is 25.2. The molecule has 0 saturated heterocycles. The Balaban J connectivity index is 1.56. The summed E-state index contributed by atoms with van der Waals surface area (Å²) in [5.74, 6) is -0.522. The first kappa shape index (κ1) is 22.8. The predicted molar refractivity (Wildman–Crippen MR) is 133 cm³/mol. The maximum atomic E-state index is 14.1. The van der Waals surface area contributed by atoms with Gasteiger partial charge in [-0.3, -0.25) is 4.79 Å². The molecule has 0 radical (unpaired) electrons. The van der Waals surface area contributed by atoms with E-state index in [1.807, 2.05) is 43.3 Å². The van der Waals surface area contributed by atoms with Gasteiger partial charge in [-0.2, -0.15) is 0 Å². The van der Waals surface area contributed by atoms with Crippen LogP contribution >= 0.6 is 0 Å². The van der Waals surface area contributed by atoms with Crippen molar-refractivity contribution >= 4 is 16.8 Å². The van der Waals surface area contributed by atoms with Crippen LogP contribution in [0.25, 0.3) is 10.9 Å². The number of halogens is 1. The van der Waals surface area contributed by atoms with Crippen molar-refractivity contribution in [3.63, 3.8) is 0 Å². The summed E-state index contributed by atoms with van der Waals surface area (Å²) in [5, 5.41) is 4.27. The normalized spacial score (nSPS) is 13.1. The predicted octanol–water partition coefficient (Wildman–Crippen LogP) is 6.46. The molecule has 4 rings (SSSR count). The number of aryl methyl sites for hydroxylation is 2. The quantitative estimate of drug-likeness (QED) is 0.317. The summed E-state index contributed by atoms with van der Waals surface area (Å²) in [6.07, 6.45) is 4.18. The van der Waals surface area contributed by atoms with E-state index in [2.05, 4.69) is 47.3 Å². The molecule has 0 fully saturated rings. The van der Waals surface area contributed by atoms with Gasteiger partial charge in [0, 0.05) is 42.0 Å². The van der Waals surface area contributed by atoms with Gasteiger partial charge in [0.15, 0.2) is 0 Å². The van der Waals surface area contributed by atoms with E-state index in [-0.39, 0.29) is 30.1 Å². The Morgan fingerprint density at radius 2 is 1.76 bits per heavy atom. The van der Waals surface area contributed by atoms with Crippen molar-refractivity contribution < 1.29 is 9.18 Å². The van der Waals surface area contributed by atoms with Gasteiger partial charge >= 0.3 is 0 Å². The molecule has 0 unspecified atom stereocenters. The number of aromatic nitrogens is 1. The minimum atomic E-state index is -0.284. The van der Waals surface area contributed by atoms with Crippen LogP contribution in [0, 0.1) is 5.82 Å². The monoisotopic (exact) mass is 442 g/mol. The summed E-state index contributed by atoms with van der Waals surface area (Å²) in [6.45, 7) is 4.98. The fourth-order valence-corrected chi connectivity index (χ4v) is 4.56. The second-order valence-electron chi connectivity index (χ2n) is 8.69. The number of nitrogens with one attached hydrogen (secondary N) is 1. The zero-order valence-corrected chi connectivity index (χ0v) is 19.3. The Kier molecular flexibility index (Phi) is 7.23. The molecule has 0 spiro atoms. The minimum absolute atomic E-state index is 0.0156. The van der Waals surface area contributed by atoms with Crippen molar-refractivity contribution in [2.45, 2.75) is 51.6 Å². The molecule has 2 atom stereocenters. The van der Waals surface area contributed by atoms with Gasteiger partial charge in [-0.25, -0.2) is 4.39 Å². The van der Waals surface area contributed by atoms with Crippen LogP contribution in [0.3, 0.4) is 0 Å². The fourth-order valence-electron chi connectivity index (χ4n) is 4.56. The van der Waals surface area contributed by atoms with E-state index in [1.165, 1.54) is 11.6 Å². The molecular formula is C29H31FN2O. The Morgan fingerprint density at radius 3 is 2.52 bits per heavy atom. The highest BCUT2D eigenvalue weighted by atomic mass is 19.1. The summed E-state index contributed by atoms with van der Waals surface area (Å²) < 4.78 is 16.3.